The Bertz CT molecular complexity index is 403. The summed E-state index contributed by atoms with van der Waals surface area (Å²) in [5.74, 6) is -1.22. The van der Waals surface area contributed by atoms with Crippen molar-refractivity contribution in [1.29, 1.82) is 0 Å². The first-order chi connectivity index (χ1) is 8.97. The molecule has 1 nitrogen and oxygen atoms in total. The van der Waals surface area contributed by atoms with Crippen LogP contribution >= 0.6 is 11.3 Å². The van der Waals surface area contributed by atoms with Crippen molar-refractivity contribution in [3.05, 3.63) is 22.4 Å². The van der Waals surface area contributed by atoms with Gasteiger partial charge in [0, 0.05) is 12.3 Å². The predicted molar refractivity (Wildman–Crippen MR) is 69.2 cm³/mol. The highest BCUT2D eigenvalue weighted by Crippen LogP contribution is 2.40. The van der Waals surface area contributed by atoms with Crippen LogP contribution in [-0.2, 0) is 11.2 Å². The van der Waals surface area contributed by atoms with E-state index in [0.717, 1.165) is 5.56 Å². The van der Waals surface area contributed by atoms with Gasteiger partial charge in [-0.25, -0.2) is 0 Å². The van der Waals surface area contributed by atoms with E-state index >= 15 is 0 Å². The van der Waals surface area contributed by atoms with Gasteiger partial charge in [0.2, 0.25) is 0 Å². The Labute approximate surface area is 114 Å². The van der Waals surface area contributed by atoms with Crippen LogP contribution in [0, 0.1) is 11.8 Å². The molecule has 1 aliphatic rings. The summed E-state index contributed by atoms with van der Waals surface area (Å²) >= 11 is 1.59. The zero-order chi connectivity index (χ0) is 13.9. The summed E-state index contributed by atoms with van der Waals surface area (Å²) < 4.78 is 37.6. The molecule has 0 N–H and O–H groups in total. The molecule has 1 aliphatic carbocycles. The van der Waals surface area contributed by atoms with Crippen molar-refractivity contribution in [2.24, 2.45) is 11.8 Å². The Hall–Kier alpha value is -0.840. The Balaban J connectivity index is 1.76. The lowest BCUT2D eigenvalue weighted by molar-refractivity contribution is -0.184. The van der Waals surface area contributed by atoms with Crippen LogP contribution in [-0.4, -0.2) is 12.0 Å². The maximum absolute atomic E-state index is 12.5. The molecular formula is C14H17F3OS. The second-order valence-electron chi connectivity index (χ2n) is 5.19. The molecule has 0 aromatic carbocycles. The van der Waals surface area contributed by atoms with Crippen LogP contribution in [0.1, 0.15) is 37.7 Å². The van der Waals surface area contributed by atoms with Crippen molar-refractivity contribution in [1.82, 2.24) is 0 Å². The van der Waals surface area contributed by atoms with Gasteiger partial charge < -0.3 is 0 Å². The molecule has 19 heavy (non-hydrogen) atoms. The summed E-state index contributed by atoms with van der Waals surface area (Å²) in [6.07, 6.45) is -1.92. The van der Waals surface area contributed by atoms with Gasteiger partial charge in [0.1, 0.15) is 5.78 Å². The topological polar surface area (TPSA) is 17.1 Å². The minimum atomic E-state index is -4.09. The molecule has 0 atom stereocenters. The van der Waals surface area contributed by atoms with E-state index in [2.05, 4.69) is 0 Å². The molecule has 0 aliphatic heterocycles. The van der Waals surface area contributed by atoms with Crippen molar-refractivity contribution in [3.63, 3.8) is 0 Å². The van der Waals surface area contributed by atoms with Crippen LogP contribution in [0.4, 0.5) is 13.2 Å². The van der Waals surface area contributed by atoms with Gasteiger partial charge in [0.15, 0.2) is 0 Å². The molecular weight excluding hydrogens is 273 g/mol. The molecule has 1 aromatic heterocycles. The maximum Gasteiger partial charge on any atom is 0.391 e. The van der Waals surface area contributed by atoms with Crippen LogP contribution in [0.3, 0.4) is 0 Å². The number of ketones is 1. The number of carbonyl (C=O) groups is 1. The van der Waals surface area contributed by atoms with Crippen LogP contribution in [0.5, 0.6) is 0 Å². The second-order valence-corrected chi connectivity index (χ2v) is 5.97. The third kappa shape index (κ3) is 4.06. The van der Waals surface area contributed by atoms with Gasteiger partial charge in [-0.3, -0.25) is 4.79 Å². The minimum absolute atomic E-state index is 0.109. The van der Waals surface area contributed by atoms with Crippen molar-refractivity contribution >= 4 is 17.1 Å². The van der Waals surface area contributed by atoms with E-state index in [1.807, 2.05) is 16.8 Å². The fraction of sp³-hybridized carbons (Fsp3) is 0.643. The third-order valence-electron chi connectivity index (χ3n) is 3.89. The summed E-state index contributed by atoms with van der Waals surface area (Å²) in [4.78, 5) is 12.0. The van der Waals surface area contributed by atoms with Crippen molar-refractivity contribution in [3.8, 4) is 0 Å². The maximum atomic E-state index is 12.5. The molecule has 0 saturated heterocycles. The molecule has 1 aromatic rings. The van der Waals surface area contributed by atoms with E-state index in [9.17, 15) is 18.0 Å². The first kappa shape index (κ1) is 14.6. The highest BCUT2D eigenvalue weighted by molar-refractivity contribution is 7.07. The van der Waals surface area contributed by atoms with Gasteiger partial charge in [-0.1, -0.05) is 0 Å². The number of carbonyl (C=O) groups excluding carboxylic acids is 1. The fourth-order valence-corrected chi connectivity index (χ4v) is 3.35. The number of aryl methyl sites for hydroxylation is 1. The Morgan fingerprint density at radius 2 is 1.95 bits per heavy atom. The number of Topliss-reactive ketones (excluding diaryl/α,β-unsaturated/α-hetero) is 1. The van der Waals surface area contributed by atoms with E-state index in [1.165, 1.54) is 0 Å². The van der Waals surface area contributed by atoms with Gasteiger partial charge in [0.25, 0.3) is 0 Å². The Morgan fingerprint density at radius 1 is 1.26 bits per heavy atom. The molecule has 1 fully saturated rings. The molecule has 1 saturated carbocycles. The van der Waals surface area contributed by atoms with Gasteiger partial charge in [-0.15, -0.1) is 0 Å². The number of thiophene rings is 1. The van der Waals surface area contributed by atoms with E-state index in [0.29, 0.717) is 25.7 Å². The average molecular weight is 290 g/mol. The summed E-state index contributed by atoms with van der Waals surface area (Å²) in [5.41, 5.74) is 1.14. The summed E-state index contributed by atoms with van der Waals surface area (Å²) in [7, 11) is 0. The highest BCUT2D eigenvalue weighted by Gasteiger charge is 2.42. The number of rotatable bonds is 4. The molecule has 1 heterocycles. The predicted octanol–water partition coefficient (Wildman–Crippen LogP) is 4.62. The number of halogens is 3. The van der Waals surface area contributed by atoms with Crippen LogP contribution in [0.25, 0.3) is 0 Å². The van der Waals surface area contributed by atoms with Crippen molar-refractivity contribution < 1.29 is 18.0 Å². The Morgan fingerprint density at radius 3 is 2.47 bits per heavy atom. The van der Waals surface area contributed by atoms with Crippen LogP contribution in [0.15, 0.2) is 16.8 Å². The second kappa shape index (κ2) is 6.07. The number of hydrogen-bond acceptors (Lipinski definition) is 2. The lowest BCUT2D eigenvalue weighted by atomic mass is 9.79. The molecule has 0 amide bonds. The Kier molecular flexibility index (Phi) is 4.66. The standard InChI is InChI=1S/C14H17F3OS/c15-14(16,17)12-4-2-11(3-5-12)13(18)6-1-10-7-8-19-9-10/h7-9,11-12H,1-6H2. The fourth-order valence-electron chi connectivity index (χ4n) is 2.65. The summed E-state index contributed by atoms with van der Waals surface area (Å²) in [6, 6.07) is 1.98. The monoisotopic (exact) mass is 290 g/mol. The van der Waals surface area contributed by atoms with E-state index in [1.54, 1.807) is 11.3 Å². The molecule has 0 radical (unpaired) electrons. The lowest BCUT2D eigenvalue weighted by Gasteiger charge is -2.29. The van der Waals surface area contributed by atoms with E-state index in [4.69, 9.17) is 0 Å². The zero-order valence-corrected chi connectivity index (χ0v) is 11.4. The van der Waals surface area contributed by atoms with Crippen molar-refractivity contribution in [2.45, 2.75) is 44.7 Å². The number of hydrogen-bond donors (Lipinski definition) is 0. The first-order valence-corrected chi connectivity index (χ1v) is 7.51. The average Bonchev–Trinajstić information content (AvgIpc) is 2.88. The SMILES string of the molecule is O=C(CCc1ccsc1)C1CCC(C(F)(F)F)CC1. The van der Waals surface area contributed by atoms with Gasteiger partial charge in [0.05, 0.1) is 5.92 Å². The molecule has 0 unspecified atom stereocenters. The third-order valence-corrected chi connectivity index (χ3v) is 4.62. The molecule has 0 bridgehead atoms. The summed E-state index contributed by atoms with van der Waals surface area (Å²) in [5, 5.41) is 3.97. The smallest absolute Gasteiger partial charge is 0.299 e. The molecule has 5 heteroatoms. The quantitative estimate of drug-likeness (QED) is 0.791. The normalized spacial score (nSPS) is 24.4. The van der Waals surface area contributed by atoms with Crippen molar-refractivity contribution in [2.75, 3.05) is 0 Å². The summed E-state index contributed by atoms with van der Waals surface area (Å²) in [6.45, 7) is 0. The van der Waals surface area contributed by atoms with Gasteiger partial charge in [-0.2, -0.15) is 24.5 Å². The highest BCUT2D eigenvalue weighted by atomic mass is 32.1. The molecule has 0 spiro atoms. The van der Waals surface area contributed by atoms with Crippen LogP contribution < -0.4 is 0 Å². The molecule has 106 valence electrons. The largest absolute Gasteiger partial charge is 0.391 e. The first-order valence-electron chi connectivity index (χ1n) is 6.57. The van der Waals surface area contributed by atoms with Gasteiger partial charge in [-0.05, 0) is 54.5 Å². The number of alkyl halides is 3. The lowest BCUT2D eigenvalue weighted by Crippen LogP contribution is -2.30. The van der Waals surface area contributed by atoms with Gasteiger partial charge >= 0.3 is 6.18 Å². The van der Waals surface area contributed by atoms with Crippen LogP contribution in [0.2, 0.25) is 0 Å². The molecule has 2 rings (SSSR count). The zero-order valence-electron chi connectivity index (χ0n) is 10.6. The van der Waals surface area contributed by atoms with E-state index in [-0.39, 0.29) is 24.5 Å². The minimum Gasteiger partial charge on any atom is -0.299 e. The van der Waals surface area contributed by atoms with E-state index < -0.39 is 12.1 Å².